The van der Waals surface area contributed by atoms with Crippen LogP contribution in [0.15, 0.2) is 0 Å². The van der Waals surface area contributed by atoms with E-state index in [1.54, 1.807) is 0 Å². The van der Waals surface area contributed by atoms with E-state index in [2.05, 4.69) is 29.5 Å². The van der Waals surface area contributed by atoms with Gasteiger partial charge in [-0.2, -0.15) is 0 Å². The molecule has 0 aromatic carbocycles. The molecule has 62 valence electrons. The monoisotopic (exact) mass is 252 g/mol. The zero-order valence-corrected chi connectivity index (χ0v) is 8.65. The molecule has 0 rings (SSSR count). The smallest absolute Gasteiger partial charge is 0.290 e. The van der Waals surface area contributed by atoms with Crippen LogP contribution in [0.1, 0.15) is 0 Å². The number of halogens is 2. The van der Waals surface area contributed by atoms with Crippen molar-refractivity contribution in [2.75, 3.05) is 14.2 Å². The van der Waals surface area contributed by atoms with Gasteiger partial charge in [0, 0.05) is 14.2 Å². The van der Waals surface area contributed by atoms with Crippen LogP contribution in [0.5, 0.6) is 0 Å². The number of phosphoric acid groups is 1. The van der Waals surface area contributed by atoms with Gasteiger partial charge in [-0.1, -0.05) is 11.6 Å². The first kappa shape index (κ1) is 10.9. The van der Waals surface area contributed by atoms with Crippen molar-refractivity contribution in [3.63, 3.8) is 0 Å². The summed E-state index contributed by atoms with van der Waals surface area (Å²) in [7, 11) is -1.01. The van der Waals surface area contributed by atoms with Crippen LogP contribution in [0.2, 0.25) is 0 Å². The van der Waals surface area contributed by atoms with Gasteiger partial charge in [-0.3, -0.25) is 13.6 Å². The Kier molecular flexibility index (Phi) is 5.11. The summed E-state index contributed by atoms with van der Waals surface area (Å²) in [4.78, 5) is 0. The minimum atomic E-state index is -3.42. The molecule has 0 aliphatic heterocycles. The summed E-state index contributed by atoms with van der Waals surface area (Å²) in [6.07, 6.45) is 0. The second-order valence-corrected chi connectivity index (χ2v) is 4.77. The van der Waals surface area contributed by atoms with Crippen LogP contribution in [0, 0.1) is 0 Å². The minimum absolute atomic E-state index is 0.877. The van der Waals surface area contributed by atoms with Crippen LogP contribution in [-0.2, 0) is 18.1 Å². The fourth-order valence-electron chi connectivity index (χ4n) is 0.258. The van der Waals surface area contributed by atoms with Gasteiger partial charge in [0.15, 0.2) is 4.47 Å². The molecule has 0 bridgehead atoms. The summed E-state index contributed by atoms with van der Waals surface area (Å²) in [6, 6.07) is 0. The Morgan fingerprint density at radius 2 is 1.90 bits per heavy atom. The zero-order chi connectivity index (χ0) is 8.20. The van der Waals surface area contributed by atoms with Crippen molar-refractivity contribution >= 4 is 35.4 Å². The Hall–Kier alpha value is 0.880. The maximum absolute atomic E-state index is 11.0. The molecule has 0 spiro atoms. The molecule has 0 fully saturated rings. The molecule has 7 heteroatoms. The van der Waals surface area contributed by atoms with Gasteiger partial charge in [-0.25, -0.2) is 4.57 Å². The first-order valence-corrected chi connectivity index (χ1v) is 5.03. The minimum Gasteiger partial charge on any atom is -0.290 e. The predicted molar refractivity (Wildman–Crippen MR) is 41.3 cm³/mol. The van der Waals surface area contributed by atoms with E-state index in [9.17, 15) is 4.57 Å². The lowest BCUT2D eigenvalue weighted by Crippen LogP contribution is -1.97. The van der Waals surface area contributed by atoms with Crippen molar-refractivity contribution in [1.82, 2.24) is 0 Å². The van der Waals surface area contributed by atoms with Crippen LogP contribution >= 0.6 is 35.4 Å². The molecule has 1 atom stereocenters. The first-order chi connectivity index (χ1) is 4.54. The maximum Gasteiger partial charge on any atom is 0.476 e. The summed E-state index contributed by atoms with van der Waals surface area (Å²) in [5, 5.41) is 0. The first-order valence-electron chi connectivity index (χ1n) is 2.22. The van der Waals surface area contributed by atoms with Crippen molar-refractivity contribution in [3.05, 3.63) is 0 Å². The van der Waals surface area contributed by atoms with E-state index in [4.69, 9.17) is 11.6 Å². The Labute approximate surface area is 72.5 Å². The summed E-state index contributed by atoms with van der Waals surface area (Å²) >= 11 is 8.08. The standard InChI is InChI=1S/C3H7BrClO4P/c1-7-10(6,8-2)9-3(4)5/h3H,1-2H3. The Bertz CT molecular complexity index is 132. The van der Waals surface area contributed by atoms with Gasteiger partial charge in [0.1, 0.15) is 0 Å². The third-order valence-electron chi connectivity index (χ3n) is 0.656. The lowest BCUT2D eigenvalue weighted by molar-refractivity contribution is 0.165. The number of alkyl halides is 2. The quantitative estimate of drug-likeness (QED) is 0.570. The molecule has 0 N–H and O–H groups in total. The molecule has 0 amide bonds. The van der Waals surface area contributed by atoms with Gasteiger partial charge >= 0.3 is 7.82 Å². The summed E-state index contributed by atoms with van der Waals surface area (Å²) in [5.74, 6) is 0. The van der Waals surface area contributed by atoms with Gasteiger partial charge in [0.05, 0.1) is 0 Å². The molecule has 4 nitrogen and oxygen atoms in total. The Balaban J connectivity index is 3.94. The molecule has 0 aromatic heterocycles. The molecule has 0 aromatic rings. The summed E-state index contributed by atoms with van der Waals surface area (Å²) in [6.45, 7) is 0. The van der Waals surface area contributed by atoms with E-state index in [1.165, 1.54) is 14.2 Å². The fourth-order valence-corrected chi connectivity index (χ4v) is 1.68. The van der Waals surface area contributed by atoms with E-state index >= 15 is 0 Å². The number of phosphoric ester groups is 1. The number of hydrogen-bond donors (Lipinski definition) is 0. The Morgan fingerprint density at radius 3 is 2.00 bits per heavy atom. The van der Waals surface area contributed by atoms with Crippen LogP contribution in [0.3, 0.4) is 0 Å². The molecule has 1 unspecified atom stereocenters. The van der Waals surface area contributed by atoms with Gasteiger partial charge in [-0.15, -0.1) is 0 Å². The second-order valence-electron chi connectivity index (χ2n) is 1.18. The highest BCUT2D eigenvalue weighted by Crippen LogP contribution is 2.49. The molecule has 0 aliphatic carbocycles. The van der Waals surface area contributed by atoms with Crippen LogP contribution < -0.4 is 0 Å². The van der Waals surface area contributed by atoms with Crippen LogP contribution in [0.25, 0.3) is 0 Å². The largest absolute Gasteiger partial charge is 0.476 e. The molecular formula is C3H7BrClO4P. The summed E-state index contributed by atoms with van der Waals surface area (Å²) in [5.41, 5.74) is 0. The average molecular weight is 253 g/mol. The molecule has 0 saturated carbocycles. The van der Waals surface area contributed by atoms with Crippen molar-refractivity contribution in [3.8, 4) is 0 Å². The molecule has 0 saturated heterocycles. The van der Waals surface area contributed by atoms with Crippen LogP contribution in [0.4, 0.5) is 0 Å². The van der Waals surface area contributed by atoms with Crippen LogP contribution in [-0.4, -0.2) is 18.7 Å². The van der Waals surface area contributed by atoms with E-state index in [1.807, 2.05) is 0 Å². The highest BCUT2D eigenvalue weighted by atomic mass is 79.9. The highest BCUT2D eigenvalue weighted by molar-refractivity contribution is 9.10. The molecule has 0 heterocycles. The number of rotatable bonds is 4. The average Bonchev–Trinajstić information content (AvgIpc) is 1.87. The Morgan fingerprint density at radius 1 is 1.50 bits per heavy atom. The maximum atomic E-state index is 11.0. The predicted octanol–water partition coefficient (Wildman–Crippen LogP) is 2.32. The van der Waals surface area contributed by atoms with Gasteiger partial charge in [0.2, 0.25) is 0 Å². The van der Waals surface area contributed by atoms with Gasteiger partial charge < -0.3 is 0 Å². The lowest BCUT2D eigenvalue weighted by atomic mass is 11.7. The van der Waals surface area contributed by atoms with E-state index in [0.29, 0.717) is 0 Å². The van der Waals surface area contributed by atoms with E-state index in [-0.39, 0.29) is 0 Å². The normalized spacial score (nSPS) is 15.2. The van der Waals surface area contributed by atoms with Gasteiger partial charge in [0.25, 0.3) is 0 Å². The SMILES string of the molecule is COP(=O)(OC)OC(Cl)Br. The van der Waals surface area contributed by atoms with Crippen molar-refractivity contribution < 1.29 is 18.1 Å². The van der Waals surface area contributed by atoms with E-state index < -0.39 is 12.3 Å². The highest BCUT2D eigenvalue weighted by Gasteiger charge is 2.25. The third kappa shape index (κ3) is 3.91. The fraction of sp³-hybridized carbons (Fsp3) is 1.00. The zero-order valence-electron chi connectivity index (χ0n) is 5.41. The van der Waals surface area contributed by atoms with E-state index in [0.717, 1.165) is 0 Å². The second kappa shape index (κ2) is 4.70. The van der Waals surface area contributed by atoms with Crippen molar-refractivity contribution in [2.45, 2.75) is 4.47 Å². The third-order valence-corrected chi connectivity index (χ3v) is 2.71. The topological polar surface area (TPSA) is 44.8 Å². The van der Waals surface area contributed by atoms with Crippen molar-refractivity contribution in [1.29, 1.82) is 0 Å². The number of hydrogen-bond acceptors (Lipinski definition) is 4. The molecule has 0 aliphatic rings. The van der Waals surface area contributed by atoms with Crippen molar-refractivity contribution in [2.24, 2.45) is 0 Å². The molecule has 10 heavy (non-hydrogen) atoms. The van der Waals surface area contributed by atoms with Gasteiger partial charge in [-0.05, 0) is 15.9 Å². The molecular weight excluding hydrogens is 246 g/mol. The molecule has 0 radical (unpaired) electrons. The lowest BCUT2D eigenvalue weighted by Gasteiger charge is -2.12. The summed E-state index contributed by atoms with van der Waals surface area (Å²) < 4.78 is 23.4.